The SMILES string of the molecule is CCCCCCCCCCCCCCCCCCCOS(=O)(=O)OC(C)(C)CCCN.N. The van der Waals surface area contributed by atoms with Crippen LogP contribution in [0.5, 0.6) is 0 Å². The lowest BCUT2D eigenvalue weighted by atomic mass is 10.0. The second-order valence-corrected chi connectivity index (χ2v) is 10.8. The third-order valence-corrected chi connectivity index (χ3v) is 6.90. The first-order valence-corrected chi connectivity index (χ1v) is 14.5. The van der Waals surface area contributed by atoms with E-state index < -0.39 is 16.0 Å². The molecule has 32 heavy (non-hydrogen) atoms. The highest BCUT2D eigenvalue weighted by Gasteiger charge is 2.26. The maximum atomic E-state index is 11.9. The van der Waals surface area contributed by atoms with Gasteiger partial charge in [0.15, 0.2) is 0 Å². The Balaban J connectivity index is 0. The number of unbranched alkanes of at least 4 members (excludes halogenated alkanes) is 16. The second-order valence-electron chi connectivity index (χ2n) is 9.62. The Kier molecular flexibility index (Phi) is 24.0. The molecule has 0 unspecified atom stereocenters. The predicted molar refractivity (Wildman–Crippen MR) is 138 cm³/mol. The van der Waals surface area contributed by atoms with Gasteiger partial charge in [-0.2, -0.15) is 8.42 Å². The molecule has 0 aliphatic rings. The molecule has 0 bridgehead atoms. The summed E-state index contributed by atoms with van der Waals surface area (Å²) in [4.78, 5) is 0. The minimum atomic E-state index is -3.93. The van der Waals surface area contributed by atoms with Crippen molar-refractivity contribution >= 4 is 10.4 Å². The molecule has 5 N–H and O–H groups in total. The molecule has 0 amide bonds. The van der Waals surface area contributed by atoms with Gasteiger partial charge in [0.2, 0.25) is 0 Å². The van der Waals surface area contributed by atoms with Crippen molar-refractivity contribution in [3.63, 3.8) is 0 Å². The Hall–Kier alpha value is -0.210. The summed E-state index contributed by atoms with van der Waals surface area (Å²) in [7, 11) is -3.93. The molecule has 0 aliphatic heterocycles. The van der Waals surface area contributed by atoms with Crippen LogP contribution in [0.15, 0.2) is 0 Å². The molecule has 7 heteroatoms. The molecule has 0 aromatic heterocycles. The molecule has 0 rings (SSSR count). The lowest BCUT2D eigenvalue weighted by molar-refractivity contribution is 0.0769. The fraction of sp³-hybridized carbons (Fsp3) is 1.00. The molecule has 0 fully saturated rings. The molecule has 0 spiro atoms. The van der Waals surface area contributed by atoms with Crippen molar-refractivity contribution in [3.05, 3.63) is 0 Å². The van der Waals surface area contributed by atoms with Crippen molar-refractivity contribution in [1.29, 1.82) is 0 Å². The molecule has 0 aromatic rings. The molecule has 0 heterocycles. The monoisotopic (exact) mass is 480 g/mol. The van der Waals surface area contributed by atoms with Gasteiger partial charge in [-0.3, -0.25) is 0 Å². The van der Waals surface area contributed by atoms with Crippen LogP contribution >= 0.6 is 0 Å². The van der Waals surface area contributed by atoms with Gasteiger partial charge in [0.1, 0.15) is 0 Å². The molecule has 0 saturated carbocycles. The van der Waals surface area contributed by atoms with Gasteiger partial charge in [-0.15, -0.1) is 0 Å². The van der Waals surface area contributed by atoms with E-state index in [1.165, 1.54) is 89.9 Å². The van der Waals surface area contributed by atoms with Gasteiger partial charge in [-0.05, 0) is 39.7 Å². The van der Waals surface area contributed by atoms with E-state index in [9.17, 15) is 8.42 Å². The zero-order valence-electron chi connectivity index (χ0n) is 21.7. The average Bonchev–Trinajstić information content (AvgIpc) is 2.70. The van der Waals surface area contributed by atoms with E-state index >= 15 is 0 Å². The standard InChI is InChI=1S/C25H53NO4S.H3N/c1-4-5-6-7-8-9-10-11-12-13-14-15-16-17-18-19-20-24-29-31(27,28)30-25(2,3)22-21-23-26;/h4-24,26H2,1-3H3;1H3. The van der Waals surface area contributed by atoms with Crippen molar-refractivity contribution in [2.24, 2.45) is 5.73 Å². The van der Waals surface area contributed by atoms with Crippen molar-refractivity contribution < 1.29 is 16.8 Å². The van der Waals surface area contributed by atoms with E-state index in [1.54, 1.807) is 13.8 Å². The molecule has 0 aliphatic carbocycles. The van der Waals surface area contributed by atoms with Crippen molar-refractivity contribution in [2.75, 3.05) is 13.2 Å². The third kappa shape index (κ3) is 24.4. The molecular formula is C25H56N2O4S. The van der Waals surface area contributed by atoms with Gasteiger partial charge in [0.05, 0.1) is 12.2 Å². The quantitative estimate of drug-likeness (QED) is 0.137. The van der Waals surface area contributed by atoms with Gasteiger partial charge < -0.3 is 11.9 Å². The Bertz CT molecular complexity index is 484. The fourth-order valence-corrected chi connectivity index (χ4v) is 4.86. The third-order valence-electron chi connectivity index (χ3n) is 5.79. The Morgan fingerprint density at radius 3 is 1.41 bits per heavy atom. The van der Waals surface area contributed by atoms with Crippen LogP contribution in [0.4, 0.5) is 0 Å². The summed E-state index contributed by atoms with van der Waals surface area (Å²) in [5.74, 6) is 0. The lowest BCUT2D eigenvalue weighted by Crippen LogP contribution is -2.30. The van der Waals surface area contributed by atoms with E-state index in [2.05, 4.69) is 6.92 Å². The first-order valence-electron chi connectivity index (χ1n) is 13.1. The van der Waals surface area contributed by atoms with Crippen molar-refractivity contribution in [3.8, 4) is 0 Å². The lowest BCUT2D eigenvalue weighted by Gasteiger charge is -2.23. The van der Waals surface area contributed by atoms with Crippen LogP contribution in [-0.4, -0.2) is 27.2 Å². The zero-order valence-corrected chi connectivity index (χ0v) is 22.5. The van der Waals surface area contributed by atoms with E-state index in [-0.39, 0.29) is 12.8 Å². The first kappa shape index (κ1) is 34.0. The van der Waals surface area contributed by atoms with E-state index in [0.717, 1.165) is 25.7 Å². The van der Waals surface area contributed by atoms with E-state index in [4.69, 9.17) is 14.1 Å². The number of rotatable bonds is 24. The van der Waals surface area contributed by atoms with Gasteiger partial charge in [-0.25, -0.2) is 8.37 Å². The summed E-state index contributed by atoms with van der Waals surface area (Å²) in [6.07, 6.45) is 23.4. The minimum absolute atomic E-state index is 0. The molecule has 0 radical (unpaired) electrons. The highest BCUT2D eigenvalue weighted by Crippen LogP contribution is 2.20. The molecule has 0 saturated heterocycles. The average molecular weight is 481 g/mol. The van der Waals surface area contributed by atoms with Gasteiger partial charge >= 0.3 is 10.4 Å². The van der Waals surface area contributed by atoms with Crippen LogP contribution in [0.3, 0.4) is 0 Å². The summed E-state index contributed by atoms with van der Waals surface area (Å²) in [5, 5.41) is 0. The largest absolute Gasteiger partial charge is 0.400 e. The van der Waals surface area contributed by atoms with Crippen LogP contribution in [0.2, 0.25) is 0 Å². The molecule has 196 valence electrons. The van der Waals surface area contributed by atoms with Crippen LogP contribution in [0, 0.1) is 0 Å². The fourth-order valence-electron chi connectivity index (χ4n) is 3.86. The second kappa shape index (κ2) is 22.6. The minimum Gasteiger partial charge on any atom is -0.344 e. The topological polar surface area (TPSA) is 114 Å². The maximum absolute atomic E-state index is 11.9. The van der Waals surface area contributed by atoms with Crippen LogP contribution in [0.25, 0.3) is 0 Å². The Labute approximate surface area is 200 Å². The highest BCUT2D eigenvalue weighted by atomic mass is 32.3. The summed E-state index contributed by atoms with van der Waals surface area (Å²) < 4.78 is 34.0. The first-order chi connectivity index (χ1) is 14.8. The van der Waals surface area contributed by atoms with Gasteiger partial charge in [0, 0.05) is 0 Å². The number of nitrogens with two attached hydrogens (primary N) is 1. The highest BCUT2D eigenvalue weighted by molar-refractivity contribution is 7.81. The number of hydrogen-bond donors (Lipinski definition) is 2. The van der Waals surface area contributed by atoms with Crippen molar-refractivity contribution in [2.45, 2.75) is 148 Å². The molecule has 6 nitrogen and oxygen atoms in total. The molecular weight excluding hydrogens is 424 g/mol. The number of hydrogen-bond acceptors (Lipinski definition) is 6. The van der Waals surface area contributed by atoms with E-state index in [1.807, 2.05) is 0 Å². The van der Waals surface area contributed by atoms with Crippen LogP contribution < -0.4 is 11.9 Å². The predicted octanol–water partition coefficient (Wildman–Crippen LogP) is 7.60. The van der Waals surface area contributed by atoms with E-state index in [0.29, 0.717) is 13.0 Å². The summed E-state index contributed by atoms with van der Waals surface area (Å²) in [6, 6.07) is 0. The Morgan fingerprint density at radius 2 is 1.03 bits per heavy atom. The smallest absolute Gasteiger partial charge is 0.344 e. The van der Waals surface area contributed by atoms with Crippen molar-refractivity contribution in [1.82, 2.24) is 6.15 Å². The zero-order chi connectivity index (χ0) is 23.3. The summed E-state index contributed by atoms with van der Waals surface area (Å²) >= 11 is 0. The van der Waals surface area contributed by atoms with Gasteiger partial charge in [-0.1, -0.05) is 110 Å². The summed E-state index contributed by atoms with van der Waals surface area (Å²) in [5.41, 5.74) is 4.70. The normalized spacial score (nSPS) is 12.1. The Morgan fingerprint density at radius 1 is 0.656 bits per heavy atom. The van der Waals surface area contributed by atoms with Crippen LogP contribution in [-0.2, 0) is 18.8 Å². The molecule has 0 aromatic carbocycles. The maximum Gasteiger partial charge on any atom is 0.400 e. The van der Waals surface area contributed by atoms with Crippen LogP contribution in [0.1, 0.15) is 143 Å². The molecule has 0 atom stereocenters. The summed E-state index contributed by atoms with van der Waals surface area (Å²) in [6.45, 7) is 6.49. The van der Waals surface area contributed by atoms with Gasteiger partial charge in [0.25, 0.3) is 0 Å².